The van der Waals surface area contributed by atoms with Gasteiger partial charge in [0.1, 0.15) is 15.0 Å². The number of benzene rings is 1. The average molecular weight is 500 g/mol. The molecule has 1 N–H and O–H groups in total. The average Bonchev–Trinajstić information content (AvgIpc) is 3.27. The van der Waals surface area contributed by atoms with Crippen LogP contribution in [0.1, 0.15) is 51.2 Å². The van der Waals surface area contributed by atoms with Crippen molar-refractivity contribution in [1.82, 2.24) is 14.3 Å². The van der Waals surface area contributed by atoms with E-state index in [1.54, 1.807) is 29.4 Å². The van der Waals surface area contributed by atoms with Crippen LogP contribution in [0.2, 0.25) is 0 Å². The van der Waals surface area contributed by atoms with Crippen molar-refractivity contribution in [2.45, 2.75) is 51.7 Å². The van der Waals surface area contributed by atoms with Gasteiger partial charge in [-0.3, -0.25) is 3.97 Å². The first kappa shape index (κ1) is 29.6. The maximum absolute atomic E-state index is 13.3. The molecule has 1 aliphatic rings. The molecule has 184 valence electrons. The molecule has 0 spiro atoms. The Balaban J connectivity index is 0.000000499. The Morgan fingerprint density at radius 1 is 1.24 bits per heavy atom. The summed E-state index contributed by atoms with van der Waals surface area (Å²) in [6.07, 6.45) is 14.6. The van der Waals surface area contributed by atoms with Gasteiger partial charge in [-0.25, -0.2) is 9.37 Å². The third kappa shape index (κ3) is 9.45. The monoisotopic (exact) mass is 499 g/mol. The van der Waals surface area contributed by atoms with Crippen LogP contribution in [-0.4, -0.2) is 23.1 Å². The predicted molar refractivity (Wildman–Crippen MR) is 152 cm³/mol. The maximum atomic E-state index is 13.3. The van der Waals surface area contributed by atoms with E-state index in [0.29, 0.717) is 0 Å². The molecule has 0 fully saturated rings. The van der Waals surface area contributed by atoms with E-state index in [-0.39, 0.29) is 5.82 Å². The highest BCUT2D eigenvalue weighted by Crippen LogP contribution is 2.36. The van der Waals surface area contributed by atoms with Crippen LogP contribution in [0.5, 0.6) is 0 Å². The summed E-state index contributed by atoms with van der Waals surface area (Å²) in [6.45, 7) is 13.8. The number of allylic oxidation sites excluding steroid dienone is 7. The number of nitrogens with zero attached hydrogens (tertiary/aromatic N) is 2. The first-order valence-electron chi connectivity index (χ1n) is 11.6. The van der Waals surface area contributed by atoms with Crippen molar-refractivity contribution in [2.24, 2.45) is 0 Å². The molecular weight excluding hydrogens is 461 g/mol. The molecule has 0 atom stereocenters. The fraction of sp³-hybridized carbons (Fsp3) is 0.321. The molecule has 3 nitrogen and oxygen atoms in total. The van der Waals surface area contributed by atoms with Gasteiger partial charge >= 0.3 is 0 Å². The molecule has 0 aliphatic heterocycles. The second-order valence-corrected chi connectivity index (χ2v) is 9.56. The molecule has 0 amide bonds. The van der Waals surface area contributed by atoms with Crippen LogP contribution < -0.4 is 5.32 Å². The van der Waals surface area contributed by atoms with Crippen LogP contribution in [0.3, 0.4) is 0 Å². The van der Waals surface area contributed by atoms with Crippen LogP contribution in [0.4, 0.5) is 4.39 Å². The SMILES string of the molecule is C=C(C)CC.CC.CNC.Cc1nc(C2=CCC=CC=C2)sc1Sn1ccc2cc(F)ccc21. The Labute approximate surface area is 213 Å². The fourth-order valence-corrected chi connectivity index (χ4v) is 4.78. The number of thiazole rings is 1. The Morgan fingerprint density at radius 2 is 1.91 bits per heavy atom. The summed E-state index contributed by atoms with van der Waals surface area (Å²) < 4.78 is 16.6. The van der Waals surface area contributed by atoms with Gasteiger partial charge in [0.15, 0.2) is 0 Å². The van der Waals surface area contributed by atoms with E-state index in [1.807, 2.05) is 60.1 Å². The second kappa shape index (κ2) is 16.3. The molecule has 3 aromatic rings. The van der Waals surface area contributed by atoms with Crippen molar-refractivity contribution in [3.63, 3.8) is 0 Å². The third-order valence-electron chi connectivity index (χ3n) is 4.40. The molecule has 6 heteroatoms. The van der Waals surface area contributed by atoms with Crippen LogP contribution in [0, 0.1) is 12.7 Å². The summed E-state index contributed by atoms with van der Waals surface area (Å²) in [4.78, 5) is 4.73. The molecule has 34 heavy (non-hydrogen) atoms. The van der Waals surface area contributed by atoms with Crippen LogP contribution in [0.15, 0.2) is 77.2 Å². The van der Waals surface area contributed by atoms with Crippen molar-refractivity contribution in [3.05, 3.63) is 89.5 Å². The van der Waals surface area contributed by atoms with Gasteiger partial charge in [0.05, 0.1) is 11.2 Å². The van der Waals surface area contributed by atoms with E-state index >= 15 is 0 Å². The van der Waals surface area contributed by atoms with Gasteiger partial charge in [0.2, 0.25) is 0 Å². The maximum Gasteiger partial charge on any atom is 0.124 e. The molecule has 2 heterocycles. The zero-order valence-electron chi connectivity index (χ0n) is 21.5. The lowest BCUT2D eigenvalue weighted by Gasteiger charge is -2.02. The smallest absolute Gasteiger partial charge is 0.124 e. The second-order valence-electron chi connectivity index (χ2n) is 7.32. The minimum absolute atomic E-state index is 0.206. The van der Waals surface area contributed by atoms with Gasteiger partial charge in [-0.15, -0.1) is 17.9 Å². The number of hydrogen-bond donors (Lipinski definition) is 1. The largest absolute Gasteiger partial charge is 0.323 e. The van der Waals surface area contributed by atoms with Gasteiger partial charge in [0, 0.05) is 29.1 Å². The van der Waals surface area contributed by atoms with Gasteiger partial charge in [0.25, 0.3) is 0 Å². The van der Waals surface area contributed by atoms with Gasteiger partial charge in [-0.05, 0) is 65.0 Å². The van der Waals surface area contributed by atoms with E-state index in [4.69, 9.17) is 4.98 Å². The highest BCUT2D eigenvalue weighted by molar-refractivity contribution is 7.99. The molecule has 2 aromatic heterocycles. The minimum atomic E-state index is -0.206. The van der Waals surface area contributed by atoms with Crippen LogP contribution in [0.25, 0.3) is 16.5 Å². The number of hydrogen-bond acceptors (Lipinski definition) is 4. The topological polar surface area (TPSA) is 29.9 Å². The van der Waals surface area contributed by atoms with Gasteiger partial charge < -0.3 is 5.32 Å². The summed E-state index contributed by atoms with van der Waals surface area (Å²) in [5.74, 6) is -0.206. The van der Waals surface area contributed by atoms with Crippen molar-refractivity contribution in [3.8, 4) is 0 Å². The molecular formula is C28H38FN3S2. The van der Waals surface area contributed by atoms with E-state index < -0.39 is 0 Å². The van der Waals surface area contributed by atoms with Crippen molar-refractivity contribution in [1.29, 1.82) is 0 Å². The van der Waals surface area contributed by atoms with Crippen molar-refractivity contribution >= 4 is 39.8 Å². The van der Waals surface area contributed by atoms with E-state index in [0.717, 1.165) is 38.7 Å². The first-order valence-corrected chi connectivity index (χ1v) is 13.2. The molecule has 0 radical (unpaired) electrons. The predicted octanol–water partition coefficient (Wildman–Crippen LogP) is 8.83. The zero-order valence-corrected chi connectivity index (χ0v) is 23.1. The minimum Gasteiger partial charge on any atom is -0.323 e. The summed E-state index contributed by atoms with van der Waals surface area (Å²) >= 11 is 3.32. The van der Waals surface area contributed by atoms with Gasteiger partial charge in [-0.2, -0.15) is 0 Å². The van der Waals surface area contributed by atoms with Crippen LogP contribution >= 0.6 is 23.3 Å². The number of aryl methyl sites for hydroxylation is 1. The van der Waals surface area contributed by atoms with Gasteiger partial charge in [-0.1, -0.05) is 56.7 Å². The highest BCUT2D eigenvalue weighted by Gasteiger charge is 2.13. The Bertz CT molecular complexity index is 1120. The lowest BCUT2D eigenvalue weighted by Crippen LogP contribution is -1.89. The fourth-order valence-electron chi connectivity index (χ4n) is 2.59. The van der Waals surface area contributed by atoms with Crippen molar-refractivity contribution < 1.29 is 4.39 Å². The molecule has 0 unspecified atom stereocenters. The summed E-state index contributed by atoms with van der Waals surface area (Å²) in [5.41, 5.74) is 4.45. The summed E-state index contributed by atoms with van der Waals surface area (Å²) in [6, 6.07) is 6.81. The molecule has 1 aromatic carbocycles. The highest BCUT2D eigenvalue weighted by atomic mass is 32.2. The molecule has 1 aliphatic carbocycles. The van der Waals surface area contributed by atoms with E-state index in [9.17, 15) is 4.39 Å². The number of halogens is 1. The standard InChI is InChI=1S/C19H15FN2S2.C5H10.C2H7N.C2H6/c1-13-19(23-18(21-13)14-6-4-2-3-5-7-14)24-22-11-10-15-12-16(20)8-9-17(15)22;1-4-5(2)3;1-3-2;1-2/h2-4,6-12H,5H2,1H3;2,4H2,1,3H3;3H,1-2H3;1-2H3. The zero-order chi connectivity index (χ0) is 25.5. The number of fused-ring (bicyclic) bond motifs is 1. The number of aromatic nitrogens is 2. The first-order chi connectivity index (χ1) is 16.4. The number of nitrogens with one attached hydrogen (secondary N) is 1. The van der Waals surface area contributed by atoms with E-state index in [2.05, 4.69) is 53.2 Å². The molecule has 0 bridgehead atoms. The quantitative estimate of drug-likeness (QED) is 0.364. The Hall–Kier alpha value is -2.41. The molecule has 0 saturated heterocycles. The lowest BCUT2D eigenvalue weighted by molar-refractivity contribution is 0.629. The van der Waals surface area contributed by atoms with Crippen LogP contribution in [-0.2, 0) is 0 Å². The summed E-state index contributed by atoms with van der Waals surface area (Å²) in [7, 11) is 3.75. The van der Waals surface area contributed by atoms with E-state index in [1.165, 1.54) is 17.2 Å². The lowest BCUT2D eigenvalue weighted by atomic mass is 10.2. The Morgan fingerprint density at radius 3 is 2.56 bits per heavy atom. The summed E-state index contributed by atoms with van der Waals surface area (Å²) in [5, 5.41) is 4.70. The molecule has 4 rings (SSSR count). The number of rotatable bonds is 4. The third-order valence-corrected chi connectivity index (χ3v) is 6.85. The Kier molecular flexibility index (Phi) is 14.2. The molecule has 0 saturated carbocycles. The van der Waals surface area contributed by atoms with Crippen molar-refractivity contribution in [2.75, 3.05) is 14.1 Å². The normalized spacial score (nSPS) is 11.8.